The number of H-pyrrole nitrogens is 1. The van der Waals surface area contributed by atoms with Crippen molar-refractivity contribution in [2.24, 2.45) is 5.92 Å². The lowest BCUT2D eigenvalue weighted by Gasteiger charge is -2.27. The van der Waals surface area contributed by atoms with E-state index in [2.05, 4.69) is 9.88 Å². The molecule has 2 aromatic heterocycles. The molecule has 2 aromatic rings. The molecule has 8 heteroatoms. The van der Waals surface area contributed by atoms with E-state index in [9.17, 15) is 4.79 Å². The Bertz CT molecular complexity index is 864. The zero-order chi connectivity index (χ0) is 19.7. The Kier molecular flexibility index (Phi) is 5.61. The van der Waals surface area contributed by atoms with Crippen LogP contribution in [0, 0.1) is 16.7 Å². The Morgan fingerprint density at radius 1 is 1.36 bits per heavy atom. The molecule has 4 rings (SSSR count). The third kappa shape index (κ3) is 3.90. The zero-order valence-corrected chi connectivity index (χ0v) is 17.0. The second kappa shape index (κ2) is 8.14. The van der Waals surface area contributed by atoms with E-state index in [0.717, 1.165) is 59.7 Å². The number of nitrogens with one attached hydrogen (secondary N) is 3. The minimum Gasteiger partial charge on any atom is -0.379 e. The first-order valence-corrected chi connectivity index (χ1v) is 10.7. The third-order valence-corrected chi connectivity index (χ3v) is 6.87. The summed E-state index contributed by atoms with van der Waals surface area (Å²) in [5, 5.41) is 17.6. The molecule has 0 spiro atoms. The molecule has 0 radical (unpaired) electrons. The summed E-state index contributed by atoms with van der Waals surface area (Å²) in [6.45, 7) is 3.38. The quantitative estimate of drug-likeness (QED) is 0.672. The molecule has 1 aliphatic carbocycles. The topological polar surface area (TPSA) is 96.3 Å². The number of fused-ring (bicyclic) bond motifs is 1. The van der Waals surface area contributed by atoms with Crippen molar-refractivity contribution >= 4 is 43.9 Å². The highest BCUT2D eigenvalue weighted by Crippen LogP contribution is 2.34. The van der Waals surface area contributed by atoms with Crippen LogP contribution in [0.25, 0.3) is 10.2 Å². The maximum atomic E-state index is 12.6. The molecule has 1 saturated carbocycles. The second-order valence-corrected chi connectivity index (χ2v) is 8.69. The molecule has 1 atom stereocenters. The highest BCUT2D eigenvalue weighted by Gasteiger charge is 2.26. The van der Waals surface area contributed by atoms with Gasteiger partial charge in [-0.1, -0.05) is 6.42 Å². The maximum absolute atomic E-state index is 12.6. The van der Waals surface area contributed by atoms with Crippen LogP contribution in [0.5, 0.6) is 0 Å². The Morgan fingerprint density at radius 3 is 2.86 bits per heavy atom. The highest BCUT2D eigenvalue weighted by atomic mass is 32.1. The molecule has 1 amide bonds. The number of morpholine rings is 1. The molecule has 2 fully saturated rings. The average Bonchev–Trinajstić information content (AvgIpc) is 3.27. The van der Waals surface area contributed by atoms with E-state index in [1.54, 1.807) is 16.2 Å². The molecular formula is C20H27N5O2S. The predicted octanol–water partition coefficient (Wildman–Crippen LogP) is 3.10. The molecule has 0 bridgehead atoms. The van der Waals surface area contributed by atoms with E-state index in [0.29, 0.717) is 31.2 Å². The van der Waals surface area contributed by atoms with Crippen molar-refractivity contribution in [1.29, 1.82) is 10.8 Å². The van der Waals surface area contributed by atoms with Gasteiger partial charge in [-0.3, -0.25) is 9.69 Å². The van der Waals surface area contributed by atoms with E-state index in [4.69, 9.17) is 15.6 Å². The van der Waals surface area contributed by atoms with E-state index < -0.39 is 0 Å². The zero-order valence-electron chi connectivity index (χ0n) is 16.2. The summed E-state index contributed by atoms with van der Waals surface area (Å²) in [5.41, 5.74) is 2.95. The molecule has 28 heavy (non-hydrogen) atoms. The molecule has 1 unspecified atom stereocenters. The number of carbonyl (C=O) groups is 1. The summed E-state index contributed by atoms with van der Waals surface area (Å²) in [6, 6.07) is 3.98. The molecule has 1 saturated heterocycles. The van der Waals surface area contributed by atoms with Gasteiger partial charge in [-0.05, 0) is 31.4 Å². The second-order valence-electron chi connectivity index (χ2n) is 7.62. The van der Waals surface area contributed by atoms with Crippen molar-refractivity contribution < 1.29 is 9.53 Å². The van der Waals surface area contributed by atoms with E-state index in [1.165, 1.54) is 0 Å². The van der Waals surface area contributed by atoms with Gasteiger partial charge in [-0.25, -0.2) is 0 Å². The molecule has 3 N–H and O–H groups in total. The molecule has 2 aliphatic rings. The van der Waals surface area contributed by atoms with Crippen molar-refractivity contribution in [3.63, 3.8) is 0 Å². The Labute approximate surface area is 168 Å². The maximum Gasteiger partial charge on any atom is 0.241 e. The lowest BCUT2D eigenvalue weighted by atomic mass is 9.83. The van der Waals surface area contributed by atoms with Gasteiger partial charge in [0, 0.05) is 31.8 Å². The van der Waals surface area contributed by atoms with Crippen LogP contribution >= 0.6 is 11.3 Å². The Balaban J connectivity index is 1.45. The summed E-state index contributed by atoms with van der Waals surface area (Å²) >= 11 is 1.56. The molecule has 3 heterocycles. The van der Waals surface area contributed by atoms with Gasteiger partial charge in [0.05, 0.1) is 41.4 Å². The number of hydrogen-bond donors (Lipinski definition) is 3. The first-order chi connectivity index (χ1) is 13.5. The van der Waals surface area contributed by atoms with E-state index in [-0.39, 0.29) is 11.8 Å². The molecular weight excluding hydrogens is 374 g/mol. The summed E-state index contributed by atoms with van der Waals surface area (Å²) in [7, 11) is 1.82. The summed E-state index contributed by atoms with van der Waals surface area (Å²) < 4.78 is 6.38. The summed E-state index contributed by atoms with van der Waals surface area (Å²) in [4.78, 5) is 19.8. The highest BCUT2D eigenvalue weighted by molar-refractivity contribution is 7.23. The lowest BCUT2D eigenvalue weighted by molar-refractivity contribution is -0.120. The standard InChI is InChI=1S/C20H27N5O2S/c1-24(18(26)12-25-6-8-27-9-7-25)19-11-15-17(28-19)10-16(23-15)20(22)13-4-2-3-5-14(13)21/h10-11,13,21-23H,2-9,12H2,1H3. The minimum absolute atomic E-state index is 0.0567. The van der Waals surface area contributed by atoms with Crippen molar-refractivity contribution in [2.75, 3.05) is 44.8 Å². The number of hydrogen-bond acceptors (Lipinski definition) is 6. The van der Waals surface area contributed by atoms with Crippen LogP contribution in [0.15, 0.2) is 12.1 Å². The molecule has 150 valence electrons. The third-order valence-electron chi connectivity index (χ3n) is 5.71. The number of nitrogens with zero attached hydrogens (tertiary/aromatic N) is 2. The largest absolute Gasteiger partial charge is 0.379 e. The van der Waals surface area contributed by atoms with Gasteiger partial charge in [-0.15, -0.1) is 11.3 Å². The van der Waals surface area contributed by atoms with Gasteiger partial charge >= 0.3 is 0 Å². The minimum atomic E-state index is -0.0567. The van der Waals surface area contributed by atoms with Crippen LogP contribution < -0.4 is 4.90 Å². The number of anilines is 1. The number of likely N-dealkylation sites (N-methyl/N-ethyl adjacent to an activating group) is 1. The monoisotopic (exact) mass is 401 g/mol. The molecule has 7 nitrogen and oxygen atoms in total. The van der Waals surface area contributed by atoms with Gasteiger partial charge in [0.25, 0.3) is 0 Å². The average molecular weight is 402 g/mol. The van der Waals surface area contributed by atoms with Crippen LogP contribution in [0.4, 0.5) is 5.00 Å². The van der Waals surface area contributed by atoms with Gasteiger partial charge in [0.1, 0.15) is 5.00 Å². The van der Waals surface area contributed by atoms with Crippen LogP contribution in [0.3, 0.4) is 0 Å². The van der Waals surface area contributed by atoms with Gasteiger partial charge < -0.3 is 25.4 Å². The summed E-state index contributed by atoms with van der Waals surface area (Å²) in [5.74, 6) is 0.0215. The number of aromatic amines is 1. The number of aromatic nitrogens is 1. The van der Waals surface area contributed by atoms with Gasteiger partial charge in [0.2, 0.25) is 5.91 Å². The fourth-order valence-electron chi connectivity index (χ4n) is 3.92. The number of ether oxygens (including phenoxy) is 1. The summed E-state index contributed by atoms with van der Waals surface area (Å²) in [6.07, 6.45) is 3.86. The normalized spacial score (nSPS) is 21.2. The Hall–Kier alpha value is -2.03. The molecule has 1 aliphatic heterocycles. The van der Waals surface area contributed by atoms with Crippen molar-refractivity contribution in [3.05, 3.63) is 17.8 Å². The molecule has 0 aromatic carbocycles. The number of carbonyl (C=O) groups excluding carboxylic acids is 1. The first-order valence-electron chi connectivity index (χ1n) is 9.88. The fourth-order valence-corrected chi connectivity index (χ4v) is 4.95. The van der Waals surface area contributed by atoms with Crippen LogP contribution in [-0.4, -0.2) is 67.1 Å². The SMILES string of the molecule is CN(C(=O)CN1CCOCC1)c1cc2[nH]c(C(=N)C3CCCCC3=N)cc2s1. The smallest absolute Gasteiger partial charge is 0.241 e. The van der Waals surface area contributed by atoms with E-state index >= 15 is 0 Å². The van der Waals surface area contributed by atoms with Crippen molar-refractivity contribution in [1.82, 2.24) is 9.88 Å². The predicted molar refractivity (Wildman–Crippen MR) is 113 cm³/mol. The van der Waals surface area contributed by atoms with Gasteiger partial charge in [-0.2, -0.15) is 0 Å². The lowest BCUT2D eigenvalue weighted by Crippen LogP contribution is -2.43. The number of thiophene rings is 1. The van der Waals surface area contributed by atoms with Crippen molar-refractivity contribution in [2.45, 2.75) is 25.7 Å². The van der Waals surface area contributed by atoms with Crippen molar-refractivity contribution in [3.8, 4) is 0 Å². The first kappa shape index (κ1) is 19.3. The number of amides is 1. The van der Waals surface area contributed by atoms with Crippen LogP contribution in [0.2, 0.25) is 0 Å². The van der Waals surface area contributed by atoms with E-state index in [1.807, 2.05) is 19.2 Å². The number of rotatable bonds is 5. The fraction of sp³-hybridized carbons (Fsp3) is 0.550. The van der Waals surface area contributed by atoms with Crippen LogP contribution in [0.1, 0.15) is 31.4 Å². The van der Waals surface area contributed by atoms with Gasteiger partial charge in [0.15, 0.2) is 0 Å². The Morgan fingerprint density at radius 2 is 2.14 bits per heavy atom. The van der Waals surface area contributed by atoms with Crippen LogP contribution in [-0.2, 0) is 9.53 Å².